The van der Waals surface area contributed by atoms with Crippen molar-refractivity contribution in [1.82, 2.24) is 4.98 Å². The first-order valence-corrected chi connectivity index (χ1v) is 15.0. The molecule has 1 aromatic heterocycles. The normalized spacial score (nSPS) is 15.7. The molecule has 3 aromatic carbocycles. The highest BCUT2D eigenvalue weighted by atomic mass is 16.7. The lowest BCUT2D eigenvalue weighted by Gasteiger charge is -2.34. The van der Waals surface area contributed by atoms with Gasteiger partial charge in [0, 0.05) is 12.0 Å². The average Bonchev–Trinajstić information content (AvgIpc) is 2.97. The number of ether oxygens (including phenoxy) is 2. The molecule has 1 saturated heterocycles. The molecule has 0 spiro atoms. The van der Waals surface area contributed by atoms with Crippen LogP contribution in [0.15, 0.2) is 78.9 Å². The maximum Gasteiger partial charge on any atom is 0.158 e. The number of fused-ring (bicyclic) bond motifs is 1. The second kappa shape index (κ2) is 14.4. The molecule has 1 aliphatic heterocycles. The van der Waals surface area contributed by atoms with Crippen LogP contribution in [0.3, 0.4) is 0 Å². The molecule has 0 saturated carbocycles. The predicted molar refractivity (Wildman–Crippen MR) is 169 cm³/mol. The van der Waals surface area contributed by atoms with Gasteiger partial charge in [-0.25, -0.2) is 4.98 Å². The standard InChI is InChI=1S/C35H39NO2.C2H6/c1-26-17-19-30-20-22-31(36-33(30)24-26)21-18-28-11-8-10-27(25-28)12-9-14-29-13-4-5-15-32(29)35(2,3)38-34-16-6-7-23-37-34;1-2/h4-5,8,10-11,13,15,17-22,24-25,34H,6-7,9,12,14,16,23H2,1-3H3;1-2H3/b21-18+;. The van der Waals surface area contributed by atoms with Gasteiger partial charge in [0.1, 0.15) is 0 Å². The molecule has 3 heteroatoms. The van der Waals surface area contributed by atoms with Crippen LogP contribution >= 0.6 is 0 Å². The van der Waals surface area contributed by atoms with Crippen molar-refractivity contribution in [3.05, 3.63) is 112 Å². The summed E-state index contributed by atoms with van der Waals surface area (Å²) in [4.78, 5) is 4.82. The van der Waals surface area contributed by atoms with Crippen molar-refractivity contribution in [2.24, 2.45) is 0 Å². The van der Waals surface area contributed by atoms with Gasteiger partial charge in [0.05, 0.1) is 16.8 Å². The second-order valence-electron chi connectivity index (χ2n) is 10.9. The fraction of sp³-hybridized carbons (Fsp3) is 0.378. The van der Waals surface area contributed by atoms with Crippen molar-refractivity contribution in [1.29, 1.82) is 0 Å². The zero-order chi connectivity index (χ0) is 28.4. The minimum atomic E-state index is -0.376. The summed E-state index contributed by atoms with van der Waals surface area (Å²) in [6.45, 7) is 11.3. The molecule has 2 heterocycles. The topological polar surface area (TPSA) is 31.4 Å². The Morgan fingerprint density at radius 2 is 1.73 bits per heavy atom. The summed E-state index contributed by atoms with van der Waals surface area (Å²) in [6, 6.07) is 28.2. The minimum Gasteiger partial charge on any atom is -0.353 e. The van der Waals surface area contributed by atoms with Gasteiger partial charge in [-0.05, 0) is 105 Å². The molecular formula is C37H45NO2. The van der Waals surface area contributed by atoms with Crippen LogP contribution in [-0.4, -0.2) is 17.9 Å². The monoisotopic (exact) mass is 535 g/mol. The first-order valence-electron chi connectivity index (χ1n) is 15.0. The predicted octanol–water partition coefficient (Wildman–Crippen LogP) is 9.69. The number of hydrogen-bond acceptors (Lipinski definition) is 3. The van der Waals surface area contributed by atoms with E-state index in [-0.39, 0.29) is 11.9 Å². The van der Waals surface area contributed by atoms with E-state index in [0.717, 1.165) is 49.9 Å². The molecule has 1 atom stereocenters. The second-order valence-corrected chi connectivity index (χ2v) is 10.9. The molecule has 40 heavy (non-hydrogen) atoms. The zero-order valence-electron chi connectivity index (χ0n) is 25.0. The van der Waals surface area contributed by atoms with E-state index in [0.29, 0.717) is 0 Å². The molecule has 0 bridgehead atoms. The molecule has 210 valence electrons. The average molecular weight is 536 g/mol. The van der Waals surface area contributed by atoms with Gasteiger partial charge in [-0.3, -0.25) is 0 Å². The van der Waals surface area contributed by atoms with Gasteiger partial charge in [0.2, 0.25) is 0 Å². The maximum atomic E-state index is 6.44. The van der Waals surface area contributed by atoms with Crippen LogP contribution in [-0.2, 0) is 27.9 Å². The van der Waals surface area contributed by atoms with Gasteiger partial charge in [-0.1, -0.05) is 86.7 Å². The molecular weight excluding hydrogens is 490 g/mol. The Labute approximate surface area is 241 Å². The van der Waals surface area contributed by atoms with Crippen LogP contribution in [0.1, 0.15) is 86.9 Å². The maximum absolute atomic E-state index is 6.44. The summed E-state index contributed by atoms with van der Waals surface area (Å²) in [6.07, 6.45) is 10.6. The van der Waals surface area contributed by atoms with E-state index < -0.39 is 0 Å². The van der Waals surface area contributed by atoms with Crippen LogP contribution in [0.5, 0.6) is 0 Å². The van der Waals surface area contributed by atoms with E-state index in [1.807, 2.05) is 13.8 Å². The third kappa shape index (κ3) is 8.13. The van der Waals surface area contributed by atoms with Crippen molar-refractivity contribution in [3.8, 4) is 0 Å². The lowest BCUT2D eigenvalue weighted by Crippen LogP contribution is -2.33. The molecule has 1 aliphatic rings. The van der Waals surface area contributed by atoms with Crippen molar-refractivity contribution >= 4 is 23.1 Å². The lowest BCUT2D eigenvalue weighted by molar-refractivity contribution is -0.219. The highest BCUT2D eigenvalue weighted by Crippen LogP contribution is 2.32. The Kier molecular flexibility index (Phi) is 10.7. The number of nitrogens with zero attached hydrogens (tertiary/aromatic N) is 1. The molecule has 4 aromatic rings. The van der Waals surface area contributed by atoms with Crippen LogP contribution < -0.4 is 0 Å². The summed E-state index contributed by atoms with van der Waals surface area (Å²) in [5.74, 6) is 0. The van der Waals surface area contributed by atoms with Gasteiger partial charge in [-0.2, -0.15) is 0 Å². The summed E-state index contributed by atoms with van der Waals surface area (Å²) in [5, 5.41) is 1.17. The van der Waals surface area contributed by atoms with E-state index in [2.05, 4.69) is 112 Å². The Morgan fingerprint density at radius 3 is 2.55 bits per heavy atom. The third-order valence-corrected chi connectivity index (χ3v) is 7.41. The SMILES string of the molecule is CC.Cc1ccc2ccc(/C=C/c3cccc(CCCc4ccccc4C(C)(C)OC4CCCCO4)c3)nc2c1. The van der Waals surface area contributed by atoms with Crippen LogP contribution in [0.2, 0.25) is 0 Å². The fourth-order valence-electron chi connectivity index (χ4n) is 5.37. The molecule has 1 unspecified atom stereocenters. The molecule has 0 amide bonds. The highest BCUT2D eigenvalue weighted by Gasteiger charge is 2.29. The summed E-state index contributed by atoms with van der Waals surface area (Å²) < 4.78 is 12.3. The summed E-state index contributed by atoms with van der Waals surface area (Å²) in [7, 11) is 0. The molecule has 0 radical (unpaired) electrons. The number of rotatable bonds is 9. The van der Waals surface area contributed by atoms with Crippen molar-refractivity contribution in [3.63, 3.8) is 0 Å². The van der Waals surface area contributed by atoms with Crippen LogP contribution in [0, 0.1) is 6.92 Å². The van der Waals surface area contributed by atoms with E-state index in [1.54, 1.807) is 0 Å². The Balaban J connectivity index is 0.00000181. The first kappa shape index (κ1) is 29.7. The molecule has 1 fully saturated rings. The summed E-state index contributed by atoms with van der Waals surface area (Å²) in [5.41, 5.74) is 8.07. The number of hydrogen-bond donors (Lipinski definition) is 0. The quantitative estimate of drug-likeness (QED) is 0.214. The Hall–Kier alpha value is -3.27. The minimum absolute atomic E-state index is 0.100. The van der Waals surface area contributed by atoms with E-state index >= 15 is 0 Å². The van der Waals surface area contributed by atoms with E-state index in [9.17, 15) is 0 Å². The van der Waals surface area contributed by atoms with Gasteiger partial charge in [-0.15, -0.1) is 0 Å². The molecule has 5 rings (SSSR count). The van der Waals surface area contributed by atoms with Crippen LogP contribution in [0.4, 0.5) is 0 Å². The number of aromatic nitrogens is 1. The Morgan fingerprint density at radius 1 is 0.900 bits per heavy atom. The smallest absolute Gasteiger partial charge is 0.158 e. The van der Waals surface area contributed by atoms with Crippen molar-refractivity contribution in [2.75, 3.05) is 6.61 Å². The number of benzene rings is 3. The Bertz CT molecular complexity index is 1400. The first-order chi connectivity index (χ1) is 19.5. The van der Waals surface area contributed by atoms with Gasteiger partial charge in [0.15, 0.2) is 6.29 Å². The van der Waals surface area contributed by atoms with Crippen molar-refractivity contribution in [2.45, 2.75) is 85.0 Å². The third-order valence-electron chi connectivity index (χ3n) is 7.41. The van der Waals surface area contributed by atoms with Crippen molar-refractivity contribution < 1.29 is 9.47 Å². The van der Waals surface area contributed by atoms with E-state index in [4.69, 9.17) is 14.5 Å². The lowest BCUT2D eigenvalue weighted by atomic mass is 9.90. The van der Waals surface area contributed by atoms with Gasteiger partial charge in [0.25, 0.3) is 0 Å². The number of aryl methyl sites for hydroxylation is 3. The number of pyridine rings is 1. The fourth-order valence-corrected chi connectivity index (χ4v) is 5.37. The van der Waals surface area contributed by atoms with E-state index in [1.165, 1.54) is 39.6 Å². The molecule has 0 aliphatic carbocycles. The van der Waals surface area contributed by atoms with Crippen LogP contribution in [0.25, 0.3) is 23.1 Å². The summed E-state index contributed by atoms with van der Waals surface area (Å²) >= 11 is 0. The molecule has 0 N–H and O–H groups in total. The van der Waals surface area contributed by atoms with Gasteiger partial charge < -0.3 is 9.47 Å². The molecule has 3 nitrogen and oxygen atoms in total. The van der Waals surface area contributed by atoms with Gasteiger partial charge >= 0.3 is 0 Å². The highest BCUT2D eigenvalue weighted by molar-refractivity contribution is 5.81. The largest absolute Gasteiger partial charge is 0.353 e. The zero-order valence-corrected chi connectivity index (χ0v) is 25.0.